The van der Waals surface area contributed by atoms with Crippen LogP contribution in [0.15, 0.2) is 42.5 Å². The monoisotopic (exact) mass is 394 g/mol. The zero-order valence-electron chi connectivity index (χ0n) is 14.4. The molecular weight excluding hydrogens is 374 g/mol. The summed E-state index contributed by atoms with van der Waals surface area (Å²) in [5.74, 6) is 0.348. The zero-order chi connectivity index (χ0) is 17.6. The number of nitrogens with one attached hydrogen (secondary N) is 1. The second-order valence-corrected chi connectivity index (χ2v) is 7.43. The van der Waals surface area contributed by atoms with Crippen molar-refractivity contribution in [2.24, 2.45) is 11.8 Å². The normalized spacial score (nSPS) is 24.3. The largest absolute Gasteiger partial charge is 0.331 e. The van der Waals surface area contributed by atoms with Crippen LogP contribution in [0.5, 0.6) is 0 Å². The topological polar surface area (TPSA) is 32.3 Å². The number of hydrogen-bond acceptors (Lipinski definition) is 2. The predicted octanol–water partition coefficient (Wildman–Crippen LogP) is 4.24. The molecule has 138 valence electrons. The van der Waals surface area contributed by atoms with Crippen molar-refractivity contribution >= 4 is 29.9 Å². The van der Waals surface area contributed by atoms with Crippen LogP contribution in [0.2, 0.25) is 5.02 Å². The Morgan fingerprint density at radius 1 is 1.23 bits per heavy atom. The molecule has 2 aliphatic rings. The van der Waals surface area contributed by atoms with E-state index in [1.54, 1.807) is 18.2 Å². The number of hydrogen-bond donors (Lipinski definition) is 1. The van der Waals surface area contributed by atoms with Gasteiger partial charge in [0.1, 0.15) is 5.82 Å². The molecule has 3 nitrogen and oxygen atoms in total. The van der Waals surface area contributed by atoms with E-state index in [0.29, 0.717) is 29.0 Å². The van der Waals surface area contributed by atoms with Crippen LogP contribution in [0.4, 0.5) is 4.39 Å². The summed E-state index contributed by atoms with van der Waals surface area (Å²) in [5, 5.41) is 3.86. The fraction of sp³-hybridized carbons (Fsp3) is 0.350. The van der Waals surface area contributed by atoms with Gasteiger partial charge in [-0.3, -0.25) is 4.79 Å². The molecular formula is C20H21Cl2FN2O. The third-order valence-corrected chi connectivity index (χ3v) is 5.70. The lowest BCUT2D eigenvalue weighted by atomic mass is 9.89. The lowest BCUT2D eigenvalue weighted by molar-refractivity contribution is 0.0714. The van der Waals surface area contributed by atoms with Crippen molar-refractivity contribution in [2.75, 3.05) is 19.6 Å². The fourth-order valence-corrected chi connectivity index (χ4v) is 4.40. The molecule has 0 aromatic heterocycles. The summed E-state index contributed by atoms with van der Waals surface area (Å²) in [7, 11) is 0. The molecule has 0 aliphatic carbocycles. The molecule has 26 heavy (non-hydrogen) atoms. The van der Waals surface area contributed by atoms with E-state index in [2.05, 4.69) is 5.32 Å². The molecule has 2 aromatic carbocycles. The van der Waals surface area contributed by atoms with Gasteiger partial charge in [-0.1, -0.05) is 35.4 Å². The van der Waals surface area contributed by atoms with Gasteiger partial charge in [0.05, 0.1) is 16.6 Å². The van der Waals surface area contributed by atoms with Crippen molar-refractivity contribution < 1.29 is 9.18 Å². The Morgan fingerprint density at radius 2 is 2.04 bits per heavy atom. The lowest BCUT2D eigenvalue weighted by Crippen LogP contribution is -2.35. The minimum absolute atomic E-state index is 0. The SMILES string of the molecule is Cc1ccc(Cl)c(C(=O)N2C[C@@H]3CNC[C@@H]3[C@H]2c2cccc(F)c2)c1.Cl. The van der Waals surface area contributed by atoms with E-state index in [1.807, 2.05) is 30.0 Å². The Hall–Kier alpha value is -1.62. The van der Waals surface area contributed by atoms with Crippen molar-refractivity contribution in [3.63, 3.8) is 0 Å². The molecule has 0 radical (unpaired) electrons. The molecule has 2 saturated heterocycles. The highest BCUT2D eigenvalue weighted by atomic mass is 35.5. The Balaban J connectivity index is 0.00000196. The molecule has 0 spiro atoms. The highest BCUT2D eigenvalue weighted by Gasteiger charge is 2.47. The molecule has 2 aliphatic heterocycles. The Morgan fingerprint density at radius 3 is 2.81 bits per heavy atom. The summed E-state index contributed by atoms with van der Waals surface area (Å²) in [6, 6.07) is 12.0. The number of likely N-dealkylation sites (tertiary alicyclic amines) is 1. The predicted molar refractivity (Wildman–Crippen MR) is 103 cm³/mol. The van der Waals surface area contributed by atoms with Gasteiger partial charge in [0, 0.05) is 25.6 Å². The van der Waals surface area contributed by atoms with E-state index in [0.717, 1.165) is 24.2 Å². The molecule has 2 heterocycles. The third-order valence-electron chi connectivity index (χ3n) is 5.37. The average molecular weight is 395 g/mol. The van der Waals surface area contributed by atoms with E-state index in [1.165, 1.54) is 6.07 Å². The zero-order valence-corrected chi connectivity index (χ0v) is 16.0. The van der Waals surface area contributed by atoms with Gasteiger partial charge in [0.2, 0.25) is 0 Å². The Labute approximate surface area is 163 Å². The standard InChI is InChI=1S/C20H20ClFN2O.ClH/c1-12-5-6-18(21)16(7-12)20(25)24-11-14-9-23-10-17(14)19(24)13-3-2-4-15(22)8-13;/h2-8,14,17,19,23H,9-11H2,1H3;1H/t14-,17-,19+;/m0./s1. The van der Waals surface area contributed by atoms with E-state index >= 15 is 0 Å². The number of nitrogens with zero attached hydrogens (tertiary/aromatic N) is 1. The van der Waals surface area contributed by atoms with Crippen LogP contribution in [-0.4, -0.2) is 30.4 Å². The highest BCUT2D eigenvalue weighted by molar-refractivity contribution is 6.33. The summed E-state index contributed by atoms with van der Waals surface area (Å²) >= 11 is 6.29. The van der Waals surface area contributed by atoms with Gasteiger partial charge >= 0.3 is 0 Å². The van der Waals surface area contributed by atoms with Gasteiger partial charge in [-0.2, -0.15) is 0 Å². The van der Waals surface area contributed by atoms with Gasteiger partial charge in [-0.05, 0) is 42.7 Å². The number of benzene rings is 2. The number of carbonyl (C=O) groups excluding carboxylic acids is 1. The lowest BCUT2D eigenvalue weighted by Gasteiger charge is -2.29. The van der Waals surface area contributed by atoms with Crippen molar-refractivity contribution in [3.8, 4) is 0 Å². The number of aryl methyl sites for hydroxylation is 1. The number of amides is 1. The molecule has 2 aromatic rings. The first kappa shape index (κ1) is 19.2. The van der Waals surface area contributed by atoms with Crippen LogP contribution >= 0.6 is 24.0 Å². The van der Waals surface area contributed by atoms with Gasteiger partial charge < -0.3 is 10.2 Å². The third kappa shape index (κ3) is 3.34. The van der Waals surface area contributed by atoms with Gasteiger partial charge in [0.25, 0.3) is 5.91 Å². The molecule has 1 N–H and O–H groups in total. The minimum atomic E-state index is -0.270. The molecule has 2 fully saturated rings. The maximum absolute atomic E-state index is 13.8. The molecule has 0 bridgehead atoms. The van der Waals surface area contributed by atoms with Crippen LogP contribution in [0, 0.1) is 24.6 Å². The Kier molecular flexibility index (Phi) is 5.56. The first-order valence-corrected chi connectivity index (χ1v) is 8.95. The molecule has 3 atom stereocenters. The number of carbonyl (C=O) groups is 1. The second kappa shape index (κ2) is 7.55. The van der Waals surface area contributed by atoms with Gasteiger partial charge in [-0.15, -0.1) is 12.4 Å². The molecule has 6 heteroatoms. The Bertz CT molecular complexity index is 829. The van der Waals surface area contributed by atoms with Crippen LogP contribution in [0.25, 0.3) is 0 Å². The van der Waals surface area contributed by atoms with Gasteiger partial charge in [-0.25, -0.2) is 4.39 Å². The second-order valence-electron chi connectivity index (χ2n) is 7.02. The summed E-state index contributed by atoms with van der Waals surface area (Å²) in [4.78, 5) is 15.1. The summed E-state index contributed by atoms with van der Waals surface area (Å²) in [6.07, 6.45) is 0. The fourth-order valence-electron chi connectivity index (χ4n) is 4.20. The van der Waals surface area contributed by atoms with Crippen LogP contribution < -0.4 is 5.32 Å². The maximum atomic E-state index is 13.8. The van der Waals surface area contributed by atoms with Gasteiger partial charge in [0.15, 0.2) is 0 Å². The molecule has 0 saturated carbocycles. The van der Waals surface area contributed by atoms with E-state index < -0.39 is 0 Å². The molecule has 4 rings (SSSR count). The highest BCUT2D eigenvalue weighted by Crippen LogP contribution is 2.43. The van der Waals surface area contributed by atoms with Crippen molar-refractivity contribution in [1.29, 1.82) is 0 Å². The maximum Gasteiger partial charge on any atom is 0.255 e. The van der Waals surface area contributed by atoms with Crippen molar-refractivity contribution in [1.82, 2.24) is 10.2 Å². The summed E-state index contributed by atoms with van der Waals surface area (Å²) < 4.78 is 13.8. The van der Waals surface area contributed by atoms with Crippen LogP contribution in [0.3, 0.4) is 0 Å². The number of fused-ring (bicyclic) bond motifs is 1. The van der Waals surface area contributed by atoms with E-state index in [-0.39, 0.29) is 30.2 Å². The molecule has 0 unspecified atom stereocenters. The summed E-state index contributed by atoms with van der Waals surface area (Å²) in [6.45, 7) is 4.35. The van der Waals surface area contributed by atoms with E-state index in [4.69, 9.17) is 11.6 Å². The van der Waals surface area contributed by atoms with Crippen molar-refractivity contribution in [2.45, 2.75) is 13.0 Å². The first-order chi connectivity index (χ1) is 12.0. The quantitative estimate of drug-likeness (QED) is 0.825. The number of rotatable bonds is 2. The molecule has 1 amide bonds. The van der Waals surface area contributed by atoms with Crippen molar-refractivity contribution in [3.05, 3.63) is 70.0 Å². The van der Waals surface area contributed by atoms with Crippen LogP contribution in [-0.2, 0) is 0 Å². The average Bonchev–Trinajstić information content (AvgIpc) is 3.17. The minimum Gasteiger partial charge on any atom is -0.331 e. The van der Waals surface area contributed by atoms with Crippen LogP contribution in [0.1, 0.15) is 27.5 Å². The summed E-state index contributed by atoms with van der Waals surface area (Å²) in [5.41, 5.74) is 2.38. The van der Waals surface area contributed by atoms with E-state index in [9.17, 15) is 9.18 Å². The smallest absolute Gasteiger partial charge is 0.255 e. The first-order valence-electron chi connectivity index (χ1n) is 8.58. The number of halogens is 3.